The Hall–Kier alpha value is -1.27. The van der Waals surface area contributed by atoms with E-state index in [2.05, 4.69) is 0 Å². The van der Waals surface area contributed by atoms with Crippen molar-refractivity contribution in [1.82, 2.24) is 4.90 Å². The van der Waals surface area contributed by atoms with Crippen LogP contribution in [-0.4, -0.2) is 55.5 Å². The van der Waals surface area contributed by atoms with Crippen LogP contribution in [0.5, 0.6) is 0 Å². The summed E-state index contributed by atoms with van der Waals surface area (Å²) in [5.41, 5.74) is 0. The van der Waals surface area contributed by atoms with Crippen molar-refractivity contribution in [3.8, 4) is 0 Å². The predicted octanol–water partition coefficient (Wildman–Crippen LogP) is 1.03. The average molecular weight is 299 g/mol. The summed E-state index contributed by atoms with van der Waals surface area (Å²) in [4.78, 5) is 36.0. The van der Waals surface area contributed by atoms with E-state index in [0.717, 1.165) is 0 Å². The lowest BCUT2D eigenvalue weighted by Gasteiger charge is -2.16. The third-order valence-electron chi connectivity index (χ3n) is 3.57. The Kier molecular flexibility index (Phi) is 7.53. The molecule has 0 bridgehead atoms. The molecule has 1 saturated heterocycles. The first kappa shape index (κ1) is 17.8. The molecule has 21 heavy (non-hydrogen) atoms. The number of ether oxygens (including phenoxy) is 2. The maximum Gasteiger partial charge on any atom is 0.233 e. The highest BCUT2D eigenvalue weighted by Crippen LogP contribution is 2.25. The molecule has 6 nitrogen and oxygen atoms in total. The van der Waals surface area contributed by atoms with Crippen LogP contribution in [0.2, 0.25) is 0 Å². The van der Waals surface area contributed by atoms with E-state index in [4.69, 9.17) is 9.47 Å². The maximum atomic E-state index is 12.0. The largest absolute Gasteiger partial charge is 0.377 e. The molecule has 1 atom stereocenters. The second kappa shape index (κ2) is 8.89. The molecule has 0 spiro atoms. The van der Waals surface area contributed by atoms with Crippen LogP contribution in [-0.2, 0) is 23.9 Å². The van der Waals surface area contributed by atoms with Crippen molar-refractivity contribution in [3.63, 3.8) is 0 Å². The predicted molar refractivity (Wildman–Crippen MR) is 76.6 cm³/mol. The van der Waals surface area contributed by atoms with Gasteiger partial charge in [0, 0.05) is 18.8 Å². The van der Waals surface area contributed by atoms with Gasteiger partial charge in [0.05, 0.1) is 26.4 Å². The lowest BCUT2D eigenvalue weighted by Crippen LogP contribution is -2.34. The standard InChI is InChI=1S/C15H25NO5/c1-4-12(17)10-21-8-7-20-6-5-16-14(18)9-13(11(2)3)15(16)19/h11,13H,4-10H2,1-3H3. The highest BCUT2D eigenvalue weighted by atomic mass is 16.5. The summed E-state index contributed by atoms with van der Waals surface area (Å²) in [5.74, 6) is -0.170. The van der Waals surface area contributed by atoms with E-state index < -0.39 is 0 Å². The van der Waals surface area contributed by atoms with Crippen molar-refractivity contribution in [2.45, 2.75) is 33.6 Å². The van der Waals surface area contributed by atoms with Gasteiger partial charge in [-0.05, 0) is 5.92 Å². The number of ketones is 1. The molecular weight excluding hydrogens is 274 g/mol. The Bertz CT molecular complexity index is 380. The summed E-state index contributed by atoms with van der Waals surface area (Å²) in [5, 5.41) is 0. The fourth-order valence-corrected chi connectivity index (χ4v) is 2.13. The Morgan fingerprint density at radius 1 is 1.24 bits per heavy atom. The molecule has 6 heteroatoms. The molecule has 0 N–H and O–H groups in total. The minimum atomic E-state index is -0.194. The Morgan fingerprint density at radius 2 is 1.90 bits per heavy atom. The van der Waals surface area contributed by atoms with E-state index in [1.165, 1.54) is 4.90 Å². The molecule has 1 aliphatic heterocycles. The Balaban J connectivity index is 2.14. The van der Waals surface area contributed by atoms with E-state index in [0.29, 0.717) is 32.7 Å². The summed E-state index contributed by atoms with van der Waals surface area (Å²) in [6.45, 7) is 7.07. The van der Waals surface area contributed by atoms with Crippen molar-refractivity contribution in [2.24, 2.45) is 11.8 Å². The molecule has 120 valence electrons. The zero-order chi connectivity index (χ0) is 15.8. The van der Waals surface area contributed by atoms with Gasteiger partial charge in [0.15, 0.2) is 5.78 Å². The topological polar surface area (TPSA) is 72.9 Å². The number of amides is 2. The van der Waals surface area contributed by atoms with Crippen LogP contribution in [0.3, 0.4) is 0 Å². The second-order valence-electron chi connectivity index (χ2n) is 5.50. The molecule has 0 aliphatic carbocycles. The molecule has 0 aromatic heterocycles. The number of nitrogens with zero attached hydrogens (tertiary/aromatic N) is 1. The highest BCUT2D eigenvalue weighted by Gasteiger charge is 2.39. The number of hydrogen-bond acceptors (Lipinski definition) is 5. The van der Waals surface area contributed by atoms with Crippen LogP contribution < -0.4 is 0 Å². The van der Waals surface area contributed by atoms with Crippen molar-refractivity contribution < 1.29 is 23.9 Å². The zero-order valence-electron chi connectivity index (χ0n) is 13.1. The quantitative estimate of drug-likeness (QED) is 0.445. The van der Waals surface area contributed by atoms with Gasteiger partial charge in [-0.1, -0.05) is 20.8 Å². The molecule has 1 heterocycles. The molecule has 0 aromatic carbocycles. The Labute approximate surface area is 125 Å². The molecule has 0 aromatic rings. The van der Waals surface area contributed by atoms with Crippen LogP contribution in [0.1, 0.15) is 33.6 Å². The van der Waals surface area contributed by atoms with Crippen molar-refractivity contribution in [2.75, 3.05) is 33.0 Å². The van der Waals surface area contributed by atoms with E-state index in [9.17, 15) is 14.4 Å². The first-order valence-electron chi connectivity index (χ1n) is 7.48. The lowest BCUT2D eigenvalue weighted by atomic mass is 9.94. The van der Waals surface area contributed by atoms with Crippen molar-refractivity contribution >= 4 is 17.6 Å². The number of likely N-dealkylation sites (tertiary alicyclic amines) is 1. The van der Waals surface area contributed by atoms with Gasteiger partial charge in [0.25, 0.3) is 0 Å². The molecule has 1 fully saturated rings. The molecule has 1 rings (SSSR count). The lowest BCUT2D eigenvalue weighted by molar-refractivity contribution is -0.140. The van der Waals surface area contributed by atoms with E-state index in [1.807, 2.05) is 13.8 Å². The van der Waals surface area contributed by atoms with Gasteiger partial charge >= 0.3 is 0 Å². The summed E-state index contributed by atoms with van der Waals surface area (Å²) in [6.07, 6.45) is 0.774. The van der Waals surface area contributed by atoms with E-state index in [1.54, 1.807) is 6.92 Å². The molecule has 0 radical (unpaired) electrons. The summed E-state index contributed by atoms with van der Waals surface area (Å²) in [6, 6.07) is 0. The third-order valence-corrected chi connectivity index (χ3v) is 3.57. The fraction of sp³-hybridized carbons (Fsp3) is 0.800. The minimum absolute atomic E-state index is 0.0583. The second-order valence-corrected chi connectivity index (χ2v) is 5.50. The van der Waals surface area contributed by atoms with Gasteiger partial charge < -0.3 is 9.47 Å². The summed E-state index contributed by atoms with van der Waals surface area (Å²) < 4.78 is 10.4. The summed E-state index contributed by atoms with van der Waals surface area (Å²) >= 11 is 0. The van der Waals surface area contributed by atoms with Crippen LogP contribution in [0.25, 0.3) is 0 Å². The van der Waals surface area contributed by atoms with Gasteiger partial charge in [0.2, 0.25) is 11.8 Å². The number of rotatable bonds is 10. The molecule has 2 amide bonds. The fourth-order valence-electron chi connectivity index (χ4n) is 2.13. The number of carbonyl (C=O) groups excluding carboxylic acids is 3. The smallest absolute Gasteiger partial charge is 0.233 e. The van der Waals surface area contributed by atoms with Crippen LogP contribution in [0, 0.1) is 11.8 Å². The van der Waals surface area contributed by atoms with Crippen LogP contribution >= 0.6 is 0 Å². The van der Waals surface area contributed by atoms with Gasteiger partial charge in [-0.2, -0.15) is 0 Å². The first-order chi connectivity index (χ1) is 9.97. The van der Waals surface area contributed by atoms with Gasteiger partial charge in [-0.15, -0.1) is 0 Å². The highest BCUT2D eigenvalue weighted by molar-refractivity contribution is 6.03. The normalized spacial score (nSPS) is 18.9. The SMILES string of the molecule is CCC(=O)COCCOCCN1C(=O)CC(C(C)C)C1=O. The third kappa shape index (κ3) is 5.55. The number of Topliss-reactive ketones (excluding diaryl/α,β-unsaturated/α-hetero) is 1. The minimum Gasteiger partial charge on any atom is -0.377 e. The van der Waals surface area contributed by atoms with Gasteiger partial charge in [0.1, 0.15) is 6.61 Å². The van der Waals surface area contributed by atoms with Gasteiger partial charge in [-0.3, -0.25) is 19.3 Å². The van der Waals surface area contributed by atoms with Crippen molar-refractivity contribution in [3.05, 3.63) is 0 Å². The van der Waals surface area contributed by atoms with Crippen LogP contribution in [0.15, 0.2) is 0 Å². The number of hydrogen-bond donors (Lipinski definition) is 0. The van der Waals surface area contributed by atoms with Crippen LogP contribution in [0.4, 0.5) is 0 Å². The number of carbonyl (C=O) groups is 3. The maximum absolute atomic E-state index is 12.0. The molecule has 0 saturated carbocycles. The van der Waals surface area contributed by atoms with Crippen molar-refractivity contribution in [1.29, 1.82) is 0 Å². The number of imide groups is 1. The van der Waals surface area contributed by atoms with E-state index >= 15 is 0 Å². The molecule has 1 unspecified atom stereocenters. The Morgan fingerprint density at radius 3 is 2.48 bits per heavy atom. The molecular formula is C15H25NO5. The average Bonchev–Trinajstić information content (AvgIpc) is 2.73. The van der Waals surface area contributed by atoms with E-state index in [-0.39, 0.29) is 42.6 Å². The molecule has 1 aliphatic rings. The van der Waals surface area contributed by atoms with Gasteiger partial charge in [-0.25, -0.2) is 0 Å². The first-order valence-corrected chi connectivity index (χ1v) is 7.48. The zero-order valence-corrected chi connectivity index (χ0v) is 13.1. The monoisotopic (exact) mass is 299 g/mol. The summed E-state index contributed by atoms with van der Waals surface area (Å²) in [7, 11) is 0.